The Morgan fingerprint density at radius 2 is 2.38 bits per heavy atom. The molecule has 0 aromatic heterocycles. The van der Waals surface area contributed by atoms with Crippen molar-refractivity contribution in [3.8, 4) is 5.75 Å². The number of rotatable bonds is 2. The number of fused-ring (bicyclic) bond motifs is 1. The van der Waals surface area contributed by atoms with Crippen molar-refractivity contribution in [1.29, 1.82) is 0 Å². The third kappa shape index (κ3) is 1.42. The molecule has 1 aromatic rings. The van der Waals surface area contributed by atoms with Gasteiger partial charge in [0, 0.05) is 18.0 Å². The molecule has 2 rings (SSSR count). The predicted octanol–water partition coefficient (Wildman–Crippen LogP) is 2.03. The van der Waals surface area contributed by atoms with E-state index in [-0.39, 0.29) is 6.04 Å². The normalized spacial score (nSPS) is 16.5. The zero-order valence-corrected chi connectivity index (χ0v) is 7.92. The second-order valence-electron chi connectivity index (χ2n) is 3.44. The minimum absolute atomic E-state index is 0.164. The van der Waals surface area contributed by atoms with E-state index in [1.165, 1.54) is 11.1 Å². The third-order valence-corrected chi connectivity index (χ3v) is 2.62. The highest BCUT2D eigenvalue weighted by Crippen LogP contribution is 2.31. The molecule has 0 amide bonds. The number of benzene rings is 1. The van der Waals surface area contributed by atoms with E-state index >= 15 is 0 Å². The maximum atomic E-state index is 6.01. The molecular formula is C11H15NO. The molecule has 0 bridgehead atoms. The van der Waals surface area contributed by atoms with Gasteiger partial charge in [-0.15, -0.1) is 0 Å². The summed E-state index contributed by atoms with van der Waals surface area (Å²) >= 11 is 0. The number of hydrogen-bond acceptors (Lipinski definition) is 2. The molecule has 0 spiro atoms. The first-order valence-corrected chi connectivity index (χ1v) is 4.83. The van der Waals surface area contributed by atoms with Gasteiger partial charge in [-0.25, -0.2) is 0 Å². The van der Waals surface area contributed by atoms with Crippen molar-refractivity contribution in [3.05, 3.63) is 29.3 Å². The largest absolute Gasteiger partial charge is 0.493 e. The van der Waals surface area contributed by atoms with Gasteiger partial charge in [0.1, 0.15) is 5.75 Å². The van der Waals surface area contributed by atoms with E-state index in [0.717, 1.165) is 25.2 Å². The molecule has 70 valence electrons. The van der Waals surface area contributed by atoms with Crippen molar-refractivity contribution in [2.75, 3.05) is 6.61 Å². The van der Waals surface area contributed by atoms with Crippen LogP contribution in [0.15, 0.2) is 18.2 Å². The van der Waals surface area contributed by atoms with Crippen LogP contribution < -0.4 is 10.5 Å². The second-order valence-corrected chi connectivity index (χ2v) is 3.44. The Labute approximate surface area is 78.7 Å². The number of ether oxygens (including phenoxy) is 1. The fourth-order valence-corrected chi connectivity index (χ4v) is 1.82. The van der Waals surface area contributed by atoms with Crippen LogP contribution in [0.4, 0.5) is 0 Å². The van der Waals surface area contributed by atoms with Crippen molar-refractivity contribution in [2.45, 2.75) is 25.8 Å². The van der Waals surface area contributed by atoms with Crippen molar-refractivity contribution in [3.63, 3.8) is 0 Å². The summed E-state index contributed by atoms with van der Waals surface area (Å²) in [4.78, 5) is 0. The molecule has 2 heteroatoms. The summed E-state index contributed by atoms with van der Waals surface area (Å²) in [6.45, 7) is 2.92. The van der Waals surface area contributed by atoms with E-state index in [2.05, 4.69) is 13.0 Å². The topological polar surface area (TPSA) is 35.2 Å². The van der Waals surface area contributed by atoms with E-state index in [1.54, 1.807) is 0 Å². The lowest BCUT2D eigenvalue weighted by atomic mass is 9.98. The molecule has 1 aliphatic heterocycles. The van der Waals surface area contributed by atoms with Crippen LogP contribution in [-0.4, -0.2) is 6.61 Å². The van der Waals surface area contributed by atoms with Crippen molar-refractivity contribution in [1.82, 2.24) is 0 Å². The highest BCUT2D eigenvalue weighted by Gasteiger charge is 2.18. The molecule has 0 saturated heterocycles. The van der Waals surface area contributed by atoms with E-state index in [9.17, 15) is 0 Å². The lowest BCUT2D eigenvalue weighted by Crippen LogP contribution is -2.10. The van der Waals surface area contributed by atoms with Crippen LogP contribution in [0.2, 0.25) is 0 Å². The van der Waals surface area contributed by atoms with Crippen LogP contribution in [0.1, 0.15) is 30.5 Å². The second kappa shape index (κ2) is 3.38. The van der Waals surface area contributed by atoms with Gasteiger partial charge in [-0.1, -0.05) is 19.1 Å². The minimum atomic E-state index is 0.164. The molecule has 1 unspecified atom stereocenters. The summed E-state index contributed by atoms with van der Waals surface area (Å²) in [5, 5.41) is 0. The molecule has 0 saturated carbocycles. The van der Waals surface area contributed by atoms with Gasteiger partial charge in [0.15, 0.2) is 0 Å². The summed E-state index contributed by atoms with van der Waals surface area (Å²) in [7, 11) is 0. The molecule has 0 radical (unpaired) electrons. The van der Waals surface area contributed by atoms with Crippen LogP contribution >= 0.6 is 0 Å². The molecule has 0 fully saturated rings. The molecule has 13 heavy (non-hydrogen) atoms. The minimum Gasteiger partial charge on any atom is -0.493 e. The molecule has 1 atom stereocenters. The zero-order chi connectivity index (χ0) is 9.26. The van der Waals surface area contributed by atoms with Gasteiger partial charge in [-0.3, -0.25) is 0 Å². The Balaban J connectivity index is 2.41. The third-order valence-electron chi connectivity index (χ3n) is 2.62. The molecule has 0 aliphatic carbocycles. The van der Waals surface area contributed by atoms with Crippen LogP contribution in [0.5, 0.6) is 5.75 Å². The molecular weight excluding hydrogens is 162 g/mol. The average molecular weight is 177 g/mol. The van der Waals surface area contributed by atoms with Gasteiger partial charge in [-0.2, -0.15) is 0 Å². The summed E-state index contributed by atoms with van der Waals surface area (Å²) in [6, 6.07) is 6.32. The Kier molecular flexibility index (Phi) is 2.23. The van der Waals surface area contributed by atoms with E-state index in [4.69, 9.17) is 10.5 Å². The smallest absolute Gasteiger partial charge is 0.122 e. The maximum Gasteiger partial charge on any atom is 0.122 e. The standard InChI is InChI=1S/C11H15NO/c1-2-10(12)8-4-3-5-11-9(8)6-7-13-11/h3-5,10H,2,6-7,12H2,1H3. The fourth-order valence-electron chi connectivity index (χ4n) is 1.82. The van der Waals surface area contributed by atoms with Crippen molar-refractivity contribution >= 4 is 0 Å². The van der Waals surface area contributed by atoms with Gasteiger partial charge in [0.05, 0.1) is 6.61 Å². The SMILES string of the molecule is CCC(N)c1cccc2c1CCO2. The fraction of sp³-hybridized carbons (Fsp3) is 0.455. The monoisotopic (exact) mass is 177 g/mol. The highest BCUT2D eigenvalue weighted by atomic mass is 16.5. The predicted molar refractivity (Wildman–Crippen MR) is 52.9 cm³/mol. The number of nitrogens with two attached hydrogens (primary N) is 1. The molecule has 1 aromatic carbocycles. The van der Waals surface area contributed by atoms with Gasteiger partial charge in [0.2, 0.25) is 0 Å². The Morgan fingerprint density at radius 1 is 1.54 bits per heavy atom. The van der Waals surface area contributed by atoms with E-state index < -0.39 is 0 Å². The van der Waals surface area contributed by atoms with Gasteiger partial charge < -0.3 is 10.5 Å². The van der Waals surface area contributed by atoms with Crippen LogP contribution in [0.3, 0.4) is 0 Å². The van der Waals surface area contributed by atoms with Crippen molar-refractivity contribution < 1.29 is 4.74 Å². The highest BCUT2D eigenvalue weighted by molar-refractivity contribution is 5.44. The average Bonchev–Trinajstić information content (AvgIpc) is 2.63. The molecule has 1 heterocycles. The first-order valence-electron chi connectivity index (χ1n) is 4.83. The first kappa shape index (κ1) is 8.57. The Morgan fingerprint density at radius 3 is 3.15 bits per heavy atom. The first-order chi connectivity index (χ1) is 6.33. The van der Waals surface area contributed by atoms with Crippen LogP contribution in [0, 0.1) is 0 Å². The van der Waals surface area contributed by atoms with Gasteiger partial charge >= 0.3 is 0 Å². The molecule has 2 nitrogen and oxygen atoms in total. The molecule has 1 aliphatic rings. The number of hydrogen-bond donors (Lipinski definition) is 1. The van der Waals surface area contributed by atoms with E-state index in [1.807, 2.05) is 12.1 Å². The summed E-state index contributed by atoms with van der Waals surface area (Å²) in [5.74, 6) is 1.03. The van der Waals surface area contributed by atoms with Gasteiger partial charge in [-0.05, 0) is 18.1 Å². The summed E-state index contributed by atoms with van der Waals surface area (Å²) in [6.07, 6.45) is 2.00. The van der Waals surface area contributed by atoms with Crippen LogP contribution in [0.25, 0.3) is 0 Å². The Hall–Kier alpha value is -1.02. The lowest BCUT2D eigenvalue weighted by Gasteiger charge is -2.12. The van der Waals surface area contributed by atoms with Crippen LogP contribution in [-0.2, 0) is 6.42 Å². The zero-order valence-electron chi connectivity index (χ0n) is 7.92. The van der Waals surface area contributed by atoms with Crippen molar-refractivity contribution in [2.24, 2.45) is 5.73 Å². The quantitative estimate of drug-likeness (QED) is 0.750. The lowest BCUT2D eigenvalue weighted by molar-refractivity contribution is 0.357. The Bertz CT molecular complexity index is 309. The van der Waals surface area contributed by atoms with E-state index in [0.29, 0.717) is 0 Å². The maximum absolute atomic E-state index is 6.01. The summed E-state index contributed by atoms with van der Waals surface area (Å²) in [5.41, 5.74) is 8.59. The molecule has 2 N–H and O–H groups in total. The van der Waals surface area contributed by atoms with Gasteiger partial charge in [0.25, 0.3) is 0 Å². The summed E-state index contributed by atoms with van der Waals surface area (Å²) < 4.78 is 5.48.